The van der Waals surface area contributed by atoms with Gasteiger partial charge in [-0.15, -0.1) is 0 Å². The number of anilines is 4. The van der Waals surface area contributed by atoms with Gasteiger partial charge in [0.05, 0.1) is 0 Å². The van der Waals surface area contributed by atoms with Gasteiger partial charge >= 0.3 is 12.1 Å². The fourth-order valence-electron chi connectivity index (χ4n) is 10.3. The Morgan fingerprint density at radius 3 is 1.31 bits per heavy atom. The van der Waals surface area contributed by atoms with E-state index in [1.54, 1.807) is 0 Å². The molecule has 260 valence electrons. The van der Waals surface area contributed by atoms with Gasteiger partial charge in [0.25, 0.3) is 0 Å². The predicted molar refractivity (Wildman–Crippen MR) is 197 cm³/mol. The number of carbonyl (C=O) groups excluding carboxylic acids is 2. The first-order chi connectivity index (χ1) is 23.2. The Balaban J connectivity index is 1.03. The number of fused-ring (bicyclic) bond motifs is 4. The van der Waals surface area contributed by atoms with Gasteiger partial charge in [-0.2, -0.15) is 0 Å². The van der Waals surface area contributed by atoms with E-state index in [-0.39, 0.29) is 12.1 Å². The van der Waals surface area contributed by atoms with Crippen LogP contribution in [0.4, 0.5) is 32.3 Å². The van der Waals surface area contributed by atoms with E-state index in [9.17, 15) is 9.59 Å². The lowest BCUT2D eigenvalue weighted by atomic mass is 9.80. The number of benzene rings is 2. The fourth-order valence-corrected chi connectivity index (χ4v) is 10.3. The highest BCUT2D eigenvalue weighted by Gasteiger charge is 2.46. The summed E-state index contributed by atoms with van der Waals surface area (Å²) in [6.07, 6.45) is 14.6. The average molecular weight is 655 g/mol. The molecule has 2 aromatic rings. The first-order valence-corrected chi connectivity index (χ1v) is 18.9. The molecule has 0 saturated heterocycles. The Kier molecular flexibility index (Phi) is 9.79. The van der Waals surface area contributed by atoms with Gasteiger partial charge in [-0.1, -0.05) is 19.3 Å². The molecular weight excluding hydrogens is 596 g/mol. The lowest BCUT2D eigenvalue weighted by Gasteiger charge is -2.41. The van der Waals surface area contributed by atoms with Crippen molar-refractivity contribution >= 4 is 34.8 Å². The number of nitrogens with one attached hydrogen (secondary N) is 2. The van der Waals surface area contributed by atoms with Gasteiger partial charge in [-0.25, -0.2) is 9.59 Å². The third-order valence-electron chi connectivity index (χ3n) is 12.8. The summed E-state index contributed by atoms with van der Waals surface area (Å²) in [5, 5.41) is 6.56. The standard InChI is InChI=1S/C40H58N6O2/c1-43(2)35-16-12-33(13-17-35)41-39(47)45(37-23-27-8-10-31(37)21-27)25-29-6-5-7-30(20-29)26-46(38-24-28-9-11-32(38)22-28)40(48)42-34-14-18-36(19-15-34)44(3)4/h12-19,27-32,37-38H,5-11,20-26H2,1-4H3,(H,41,47)(H,42,48). The summed E-state index contributed by atoms with van der Waals surface area (Å²) in [7, 11) is 8.15. The van der Waals surface area contributed by atoms with E-state index in [0.29, 0.717) is 35.8 Å². The Morgan fingerprint density at radius 1 is 0.562 bits per heavy atom. The Bertz CT molecular complexity index is 1300. The van der Waals surface area contributed by atoms with Gasteiger partial charge in [-0.3, -0.25) is 0 Å². The van der Waals surface area contributed by atoms with Gasteiger partial charge in [-0.05, 0) is 142 Å². The molecule has 0 spiro atoms. The monoisotopic (exact) mass is 654 g/mol. The highest BCUT2D eigenvalue weighted by molar-refractivity contribution is 5.90. The highest BCUT2D eigenvalue weighted by atomic mass is 16.2. The van der Waals surface area contributed by atoms with Crippen molar-refractivity contribution < 1.29 is 9.59 Å². The van der Waals surface area contributed by atoms with Crippen molar-refractivity contribution in [2.75, 3.05) is 61.7 Å². The molecule has 8 unspecified atom stereocenters. The molecule has 5 fully saturated rings. The topological polar surface area (TPSA) is 71.2 Å². The van der Waals surface area contributed by atoms with Crippen LogP contribution >= 0.6 is 0 Å². The zero-order chi connectivity index (χ0) is 33.4. The van der Waals surface area contributed by atoms with E-state index >= 15 is 0 Å². The highest BCUT2D eigenvalue weighted by Crippen LogP contribution is 2.49. The number of amides is 4. The van der Waals surface area contributed by atoms with Crippen LogP contribution in [0, 0.1) is 35.5 Å². The maximum absolute atomic E-state index is 14.0. The first kappa shape index (κ1) is 33.1. The number of hydrogen-bond acceptors (Lipinski definition) is 4. The molecule has 8 heteroatoms. The zero-order valence-electron chi connectivity index (χ0n) is 29.7. The van der Waals surface area contributed by atoms with Crippen LogP contribution in [0.25, 0.3) is 0 Å². The second-order valence-electron chi connectivity index (χ2n) is 16.4. The molecule has 0 heterocycles. The van der Waals surface area contributed by atoms with Crippen molar-refractivity contribution in [2.24, 2.45) is 35.5 Å². The van der Waals surface area contributed by atoms with Gasteiger partial charge in [0, 0.05) is 76.1 Å². The van der Waals surface area contributed by atoms with Crippen LogP contribution in [0.2, 0.25) is 0 Å². The van der Waals surface area contributed by atoms with E-state index < -0.39 is 0 Å². The Hall–Kier alpha value is -3.42. The molecule has 5 aliphatic rings. The minimum Gasteiger partial charge on any atom is -0.378 e. The minimum atomic E-state index is 0.0653. The quantitative estimate of drug-likeness (QED) is 0.270. The van der Waals surface area contributed by atoms with Gasteiger partial charge < -0.3 is 30.2 Å². The third-order valence-corrected chi connectivity index (χ3v) is 12.8. The summed E-state index contributed by atoms with van der Waals surface area (Å²) < 4.78 is 0. The van der Waals surface area contributed by atoms with Gasteiger partial charge in [0.1, 0.15) is 0 Å². The van der Waals surface area contributed by atoms with E-state index in [0.717, 1.165) is 79.8 Å². The SMILES string of the molecule is CN(C)c1ccc(NC(=O)N(CC2CCCC(CN(C(=O)Nc3ccc(N(C)C)cc3)C3CC4CCC3C4)C2)C2CC3CCC2C3)cc1. The van der Waals surface area contributed by atoms with Crippen LogP contribution in [0.3, 0.4) is 0 Å². The predicted octanol–water partition coefficient (Wildman–Crippen LogP) is 8.37. The smallest absolute Gasteiger partial charge is 0.322 e. The fraction of sp³-hybridized carbons (Fsp3) is 0.650. The summed E-state index contributed by atoms with van der Waals surface area (Å²) in [6.45, 7) is 1.65. The molecule has 2 N–H and O–H groups in total. The van der Waals surface area contributed by atoms with E-state index in [4.69, 9.17) is 0 Å². The number of hydrogen-bond donors (Lipinski definition) is 2. The van der Waals surface area contributed by atoms with Crippen LogP contribution in [0.15, 0.2) is 48.5 Å². The molecule has 8 atom stereocenters. The molecule has 0 radical (unpaired) electrons. The number of carbonyl (C=O) groups is 2. The molecule has 8 nitrogen and oxygen atoms in total. The van der Waals surface area contributed by atoms with Crippen LogP contribution < -0.4 is 20.4 Å². The van der Waals surface area contributed by atoms with Crippen molar-refractivity contribution in [2.45, 2.75) is 89.1 Å². The van der Waals surface area contributed by atoms with Crippen molar-refractivity contribution in [1.82, 2.24) is 9.80 Å². The first-order valence-electron chi connectivity index (χ1n) is 18.9. The molecule has 0 aromatic heterocycles. The van der Waals surface area contributed by atoms with Crippen LogP contribution in [-0.2, 0) is 0 Å². The second kappa shape index (κ2) is 14.2. The molecule has 48 heavy (non-hydrogen) atoms. The largest absolute Gasteiger partial charge is 0.378 e. The van der Waals surface area contributed by atoms with Crippen molar-refractivity contribution in [3.8, 4) is 0 Å². The number of urea groups is 2. The molecule has 5 saturated carbocycles. The molecule has 5 aliphatic carbocycles. The Morgan fingerprint density at radius 2 is 0.979 bits per heavy atom. The van der Waals surface area contributed by atoms with Crippen molar-refractivity contribution in [1.29, 1.82) is 0 Å². The second-order valence-corrected chi connectivity index (χ2v) is 16.4. The number of nitrogens with zero attached hydrogens (tertiary/aromatic N) is 4. The van der Waals surface area contributed by atoms with E-state index in [2.05, 4.69) is 54.5 Å². The summed E-state index contributed by atoms with van der Waals surface area (Å²) in [5.41, 5.74) is 3.98. The van der Waals surface area contributed by atoms with Crippen LogP contribution in [0.5, 0.6) is 0 Å². The summed E-state index contributed by atoms with van der Waals surface area (Å²) in [4.78, 5) is 36.7. The summed E-state index contributed by atoms with van der Waals surface area (Å²) >= 11 is 0. The van der Waals surface area contributed by atoms with Gasteiger partial charge in [0.15, 0.2) is 0 Å². The lowest BCUT2D eigenvalue weighted by molar-refractivity contribution is 0.105. The number of rotatable bonds is 10. The molecule has 2 aromatic carbocycles. The van der Waals surface area contributed by atoms with E-state index in [1.165, 1.54) is 44.9 Å². The average Bonchev–Trinajstić information content (AvgIpc) is 3.90. The van der Waals surface area contributed by atoms with Crippen LogP contribution in [-0.4, -0.2) is 75.2 Å². The summed E-state index contributed by atoms with van der Waals surface area (Å²) in [5.74, 6) is 3.77. The Labute approximate surface area is 288 Å². The van der Waals surface area contributed by atoms with Crippen molar-refractivity contribution in [3.05, 3.63) is 48.5 Å². The maximum atomic E-state index is 14.0. The normalized spacial score (nSPS) is 30.2. The maximum Gasteiger partial charge on any atom is 0.322 e. The lowest BCUT2D eigenvalue weighted by Crippen LogP contribution is -2.50. The van der Waals surface area contributed by atoms with Gasteiger partial charge in [0.2, 0.25) is 0 Å². The van der Waals surface area contributed by atoms with Crippen molar-refractivity contribution in [3.63, 3.8) is 0 Å². The van der Waals surface area contributed by atoms with Crippen LogP contribution in [0.1, 0.15) is 77.0 Å². The molecule has 0 aliphatic heterocycles. The minimum absolute atomic E-state index is 0.0653. The molecule has 4 amide bonds. The zero-order valence-corrected chi connectivity index (χ0v) is 29.7. The summed E-state index contributed by atoms with van der Waals surface area (Å²) in [6, 6.07) is 17.2. The van der Waals surface area contributed by atoms with E-state index in [1.807, 2.05) is 52.5 Å². The molecular formula is C40H58N6O2. The third kappa shape index (κ3) is 7.28. The molecule has 7 rings (SSSR count). The molecule has 4 bridgehead atoms.